The summed E-state index contributed by atoms with van der Waals surface area (Å²) in [5, 5.41) is 11.3. The molecule has 0 saturated carbocycles. The van der Waals surface area contributed by atoms with Gasteiger partial charge in [0.05, 0.1) is 18.1 Å². The van der Waals surface area contributed by atoms with Crippen LogP contribution in [0.1, 0.15) is 28.9 Å². The number of esters is 1. The molecule has 0 aliphatic carbocycles. The summed E-state index contributed by atoms with van der Waals surface area (Å²) >= 11 is 0. The average Bonchev–Trinajstić information content (AvgIpc) is 2.63. The first-order chi connectivity index (χ1) is 8.63. The van der Waals surface area contributed by atoms with Crippen LogP contribution in [0.2, 0.25) is 0 Å². The SMILES string of the molecule is COc1c2c(cc3cccc(O)c13)C(=O)OC2C. The van der Waals surface area contributed by atoms with Gasteiger partial charge in [0.25, 0.3) is 0 Å². The molecule has 0 radical (unpaired) electrons. The molecular weight excluding hydrogens is 232 g/mol. The van der Waals surface area contributed by atoms with Crippen molar-refractivity contribution in [2.24, 2.45) is 0 Å². The maximum absolute atomic E-state index is 11.7. The molecule has 1 atom stereocenters. The Kier molecular flexibility index (Phi) is 2.20. The quantitative estimate of drug-likeness (QED) is 0.784. The molecule has 0 aromatic heterocycles. The normalized spacial score (nSPS) is 17.7. The van der Waals surface area contributed by atoms with Crippen molar-refractivity contribution in [1.29, 1.82) is 0 Å². The third-order valence-electron chi connectivity index (χ3n) is 3.25. The third-order valence-corrected chi connectivity index (χ3v) is 3.25. The summed E-state index contributed by atoms with van der Waals surface area (Å²) in [4.78, 5) is 11.7. The van der Waals surface area contributed by atoms with E-state index < -0.39 is 0 Å². The number of cyclic esters (lactones) is 1. The molecule has 1 heterocycles. The lowest BCUT2D eigenvalue weighted by Crippen LogP contribution is -1.96. The first kappa shape index (κ1) is 10.9. The monoisotopic (exact) mass is 244 g/mol. The Morgan fingerprint density at radius 2 is 2.17 bits per heavy atom. The van der Waals surface area contributed by atoms with Crippen molar-refractivity contribution in [3.05, 3.63) is 35.4 Å². The molecule has 0 bridgehead atoms. The minimum absolute atomic E-state index is 0.138. The minimum Gasteiger partial charge on any atom is -0.507 e. The molecule has 1 aliphatic heterocycles. The number of fused-ring (bicyclic) bond motifs is 2. The fraction of sp³-hybridized carbons (Fsp3) is 0.214. The van der Waals surface area contributed by atoms with E-state index in [1.165, 1.54) is 7.11 Å². The molecule has 4 heteroatoms. The van der Waals surface area contributed by atoms with Crippen LogP contribution in [0.4, 0.5) is 0 Å². The van der Waals surface area contributed by atoms with Crippen LogP contribution in [0, 0.1) is 0 Å². The van der Waals surface area contributed by atoms with Gasteiger partial charge in [0.15, 0.2) is 0 Å². The van der Waals surface area contributed by atoms with Crippen molar-refractivity contribution in [1.82, 2.24) is 0 Å². The van der Waals surface area contributed by atoms with Crippen LogP contribution in [0.25, 0.3) is 10.8 Å². The summed E-state index contributed by atoms with van der Waals surface area (Å²) in [5.74, 6) is 0.304. The van der Waals surface area contributed by atoms with E-state index in [9.17, 15) is 9.90 Å². The molecule has 0 amide bonds. The van der Waals surface area contributed by atoms with Crippen molar-refractivity contribution in [3.8, 4) is 11.5 Å². The van der Waals surface area contributed by atoms with Crippen LogP contribution in [0.15, 0.2) is 24.3 Å². The van der Waals surface area contributed by atoms with E-state index in [0.29, 0.717) is 22.3 Å². The molecule has 2 aromatic rings. The molecule has 4 nitrogen and oxygen atoms in total. The Morgan fingerprint density at radius 3 is 2.89 bits per heavy atom. The number of benzene rings is 2. The number of phenolic OH excluding ortho intramolecular Hbond substituents is 1. The molecule has 1 aliphatic rings. The van der Waals surface area contributed by atoms with Crippen molar-refractivity contribution in [2.45, 2.75) is 13.0 Å². The zero-order chi connectivity index (χ0) is 12.9. The molecule has 18 heavy (non-hydrogen) atoms. The van der Waals surface area contributed by atoms with Gasteiger partial charge >= 0.3 is 5.97 Å². The molecule has 0 spiro atoms. The number of phenols is 1. The molecule has 2 aromatic carbocycles. The largest absolute Gasteiger partial charge is 0.507 e. The Morgan fingerprint density at radius 1 is 1.39 bits per heavy atom. The lowest BCUT2D eigenvalue weighted by atomic mass is 9.97. The highest BCUT2D eigenvalue weighted by atomic mass is 16.6. The number of carbonyl (C=O) groups excluding carboxylic acids is 1. The van der Waals surface area contributed by atoms with Gasteiger partial charge in [-0.1, -0.05) is 12.1 Å². The van der Waals surface area contributed by atoms with Gasteiger partial charge in [-0.25, -0.2) is 4.79 Å². The molecule has 0 fully saturated rings. The van der Waals surface area contributed by atoms with Gasteiger partial charge in [0.2, 0.25) is 0 Å². The van der Waals surface area contributed by atoms with Gasteiger partial charge in [-0.05, 0) is 24.4 Å². The highest BCUT2D eigenvalue weighted by Crippen LogP contribution is 2.44. The van der Waals surface area contributed by atoms with E-state index in [4.69, 9.17) is 9.47 Å². The summed E-state index contributed by atoms with van der Waals surface area (Å²) in [7, 11) is 1.52. The fourth-order valence-corrected chi connectivity index (χ4v) is 2.48. The van der Waals surface area contributed by atoms with Gasteiger partial charge in [0.1, 0.15) is 17.6 Å². The Balaban J connectivity index is 2.48. The molecule has 3 rings (SSSR count). The van der Waals surface area contributed by atoms with Gasteiger partial charge in [-0.2, -0.15) is 0 Å². The predicted octanol–water partition coefficient (Wildman–Crippen LogP) is 2.79. The van der Waals surface area contributed by atoms with Crippen LogP contribution in [0.5, 0.6) is 11.5 Å². The third kappa shape index (κ3) is 1.29. The molecule has 1 unspecified atom stereocenters. The van der Waals surface area contributed by atoms with Gasteiger partial charge < -0.3 is 14.6 Å². The zero-order valence-corrected chi connectivity index (χ0v) is 10.1. The van der Waals surface area contributed by atoms with Gasteiger partial charge in [-0.15, -0.1) is 0 Å². The van der Waals surface area contributed by atoms with Crippen molar-refractivity contribution in [2.75, 3.05) is 7.11 Å². The Bertz CT molecular complexity index is 660. The second kappa shape index (κ2) is 3.63. The van der Waals surface area contributed by atoms with E-state index in [0.717, 1.165) is 5.39 Å². The highest BCUT2D eigenvalue weighted by Gasteiger charge is 2.33. The van der Waals surface area contributed by atoms with E-state index in [1.807, 2.05) is 6.07 Å². The lowest BCUT2D eigenvalue weighted by molar-refractivity contribution is 0.0420. The maximum atomic E-state index is 11.7. The number of ether oxygens (including phenoxy) is 2. The minimum atomic E-state index is -0.355. The number of hydrogen-bond acceptors (Lipinski definition) is 4. The number of carbonyl (C=O) groups is 1. The van der Waals surface area contributed by atoms with Crippen LogP contribution in [-0.2, 0) is 4.74 Å². The number of aromatic hydroxyl groups is 1. The fourth-order valence-electron chi connectivity index (χ4n) is 2.48. The van der Waals surface area contributed by atoms with E-state index in [1.54, 1.807) is 25.1 Å². The van der Waals surface area contributed by atoms with Gasteiger partial charge in [0, 0.05) is 5.56 Å². The highest BCUT2D eigenvalue weighted by molar-refractivity contribution is 6.04. The summed E-state index contributed by atoms with van der Waals surface area (Å²) in [6.07, 6.45) is -0.355. The maximum Gasteiger partial charge on any atom is 0.339 e. The smallest absolute Gasteiger partial charge is 0.339 e. The standard InChI is InChI=1S/C14H12O4/c1-7-11-9(14(16)18-7)6-8-4-3-5-10(15)12(8)13(11)17-2/h3-7,15H,1-2H3. The summed E-state index contributed by atoms with van der Waals surface area (Å²) in [6, 6.07) is 6.89. The number of methoxy groups -OCH3 is 1. The van der Waals surface area contributed by atoms with Crippen molar-refractivity contribution < 1.29 is 19.4 Å². The number of rotatable bonds is 1. The van der Waals surface area contributed by atoms with Crippen LogP contribution in [-0.4, -0.2) is 18.2 Å². The second-order valence-corrected chi connectivity index (χ2v) is 4.29. The molecular formula is C14H12O4. The summed E-state index contributed by atoms with van der Waals surface area (Å²) < 4.78 is 10.6. The average molecular weight is 244 g/mol. The Hall–Kier alpha value is -2.23. The van der Waals surface area contributed by atoms with Crippen LogP contribution >= 0.6 is 0 Å². The van der Waals surface area contributed by atoms with Crippen LogP contribution < -0.4 is 4.74 Å². The van der Waals surface area contributed by atoms with Crippen LogP contribution in [0.3, 0.4) is 0 Å². The predicted molar refractivity (Wildman–Crippen MR) is 66.0 cm³/mol. The number of hydrogen-bond donors (Lipinski definition) is 1. The first-order valence-corrected chi connectivity index (χ1v) is 5.67. The summed E-state index contributed by atoms with van der Waals surface area (Å²) in [5.41, 5.74) is 1.22. The van der Waals surface area contributed by atoms with Crippen molar-refractivity contribution >= 4 is 16.7 Å². The molecule has 0 saturated heterocycles. The van der Waals surface area contributed by atoms with Gasteiger partial charge in [-0.3, -0.25) is 0 Å². The first-order valence-electron chi connectivity index (χ1n) is 5.67. The second-order valence-electron chi connectivity index (χ2n) is 4.29. The Labute approximate surface area is 104 Å². The summed E-state index contributed by atoms with van der Waals surface area (Å²) in [6.45, 7) is 1.79. The van der Waals surface area contributed by atoms with E-state index >= 15 is 0 Å². The molecule has 1 N–H and O–H groups in total. The molecule has 92 valence electrons. The topological polar surface area (TPSA) is 55.8 Å². The van der Waals surface area contributed by atoms with E-state index in [2.05, 4.69) is 0 Å². The van der Waals surface area contributed by atoms with E-state index in [-0.39, 0.29) is 17.8 Å². The lowest BCUT2D eigenvalue weighted by Gasteiger charge is -2.13. The zero-order valence-electron chi connectivity index (χ0n) is 10.1. The van der Waals surface area contributed by atoms with Crippen molar-refractivity contribution in [3.63, 3.8) is 0 Å².